The first-order valence-electron chi connectivity index (χ1n) is 12.7. The van der Waals surface area contributed by atoms with E-state index in [4.69, 9.17) is 4.74 Å². The average molecular weight is 499 g/mol. The van der Waals surface area contributed by atoms with Gasteiger partial charge in [0.25, 0.3) is 5.91 Å². The van der Waals surface area contributed by atoms with Gasteiger partial charge in [-0.3, -0.25) is 14.6 Å². The van der Waals surface area contributed by atoms with Gasteiger partial charge in [-0.2, -0.15) is 0 Å². The summed E-state index contributed by atoms with van der Waals surface area (Å²) in [5, 5.41) is 0. The maximum atomic E-state index is 13.5. The first kappa shape index (κ1) is 24.8. The number of likely N-dealkylation sites (tertiary alicyclic amines) is 1. The summed E-state index contributed by atoms with van der Waals surface area (Å²) in [6, 6.07) is 26.2. The highest BCUT2D eigenvalue weighted by Crippen LogP contribution is 2.37. The van der Waals surface area contributed by atoms with Gasteiger partial charge in [-0.05, 0) is 60.4 Å². The zero-order chi connectivity index (χ0) is 26.0. The first-order valence-corrected chi connectivity index (χ1v) is 12.7. The van der Waals surface area contributed by atoms with Crippen LogP contribution in [0.4, 0.5) is 16.2 Å². The molecule has 0 saturated carbocycles. The Hall–Kier alpha value is -3.84. The molecule has 2 aliphatic heterocycles. The molecule has 0 aromatic heterocycles. The molecule has 7 nitrogen and oxygen atoms in total. The molecule has 0 atom stereocenters. The van der Waals surface area contributed by atoms with E-state index >= 15 is 0 Å². The standard InChI is InChI=1S/C30H34N4O3/c1-31(25-7-5-4-6-8-25)26-13-9-23(10-14-26)21-33-19-17-30(18-20-33)28(35)34(29(36)32(30)2)22-24-11-15-27(37-3)16-12-24/h4-16H,17-22H2,1-3H3. The van der Waals surface area contributed by atoms with Gasteiger partial charge in [-0.1, -0.05) is 42.5 Å². The molecule has 2 aliphatic rings. The molecule has 0 aliphatic carbocycles. The van der Waals surface area contributed by atoms with Crippen LogP contribution in [0.2, 0.25) is 0 Å². The van der Waals surface area contributed by atoms with Crippen molar-refractivity contribution in [1.82, 2.24) is 14.7 Å². The number of rotatable bonds is 7. The number of amides is 3. The van der Waals surface area contributed by atoms with Gasteiger partial charge in [-0.25, -0.2) is 4.79 Å². The van der Waals surface area contributed by atoms with Gasteiger partial charge in [0.1, 0.15) is 11.3 Å². The molecule has 7 heteroatoms. The number of hydrogen-bond acceptors (Lipinski definition) is 5. The fraction of sp³-hybridized carbons (Fsp3) is 0.333. The van der Waals surface area contributed by atoms with Crippen LogP contribution in [0.5, 0.6) is 5.75 Å². The Morgan fingerprint density at radius 1 is 0.811 bits per heavy atom. The fourth-order valence-corrected chi connectivity index (χ4v) is 5.41. The molecular weight excluding hydrogens is 464 g/mol. The topological polar surface area (TPSA) is 56.3 Å². The predicted octanol–water partition coefficient (Wildman–Crippen LogP) is 4.89. The third-order valence-corrected chi connectivity index (χ3v) is 7.86. The number of likely N-dealkylation sites (N-methyl/N-ethyl adjacent to an activating group) is 1. The Bertz CT molecular complexity index is 1240. The number of benzene rings is 3. The molecular formula is C30H34N4O3. The number of ether oxygens (including phenoxy) is 1. The van der Waals surface area contributed by atoms with E-state index in [1.165, 1.54) is 10.5 Å². The van der Waals surface area contributed by atoms with Gasteiger partial charge in [0.2, 0.25) is 0 Å². The quantitative estimate of drug-likeness (QED) is 0.434. The molecule has 1 spiro atoms. The Kier molecular flexibility index (Phi) is 6.89. The Balaban J connectivity index is 1.20. The number of piperidine rings is 1. The van der Waals surface area contributed by atoms with Crippen LogP contribution in [-0.2, 0) is 17.9 Å². The molecule has 0 radical (unpaired) electrons. The second-order valence-electron chi connectivity index (χ2n) is 9.95. The molecule has 3 aromatic rings. The summed E-state index contributed by atoms with van der Waals surface area (Å²) >= 11 is 0. The van der Waals surface area contributed by atoms with Gasteiger partial charge in [0.15, 0.2) is 0 Å². The van der Waals surface area contributed by atoms with Crippen molar-refractivity contribution in [2.24, 2.45) is 0 Å². The summed E-state index contributed by atoms with van der Waals surface area (Å²) in [4.78, 5) is 34.2. The summed E-state index contributed by atoms with van der Waals surface area (Å²) in [6.45, 7) is 2.64. The average Bonchev–Trinajstić information content (AvgIpc) is 3.11. The highest BCUT2D eigenvalue weighted by molar-refractivity contribution is 6.06. The molecule has 2 saturated heterocycles. The number of urea groups is 1. The lowest BCUT2D eigenvalue weighted by Gasteiger charge is -2.40. The summed E-state index contributed by atoms with van der Waals surface area (Å²) in [5.41, 5.74) is 3.69. The van der Waals surface area contributed by atoms with Crippen LogP contribution in [0.1, 0.15) is 24.0 Å². The van der Waals surface area contributed by atoms with Crippen molar-refractivity contribution in [2.45, 2.75) is 31.5 Å². The number of anilines is 2. The van der Waals surface area contributed by atoms with E-state index in [-0.39, 0.29) is 18.5 Å². The lowest BCUT2D eigenvalue weighted by Crippen LogP contribution is -2.55. The molecule has 0 unspecified atom stereocenters. The van der Waals surface area contributed by atoms with E-state index in [0.717, 1.165) is 42.3 Å². The SMILES string of the molecule is COc1ccc(CN2C(=O)N(C)C3(CCN(Cc4ccc(N(C)c5ccccc5)cc4)CC3)C2=O)cc1. The van der Waals surface area contributed by atoms with E-state index in [0.29, 0.717) is 12.8 Å². The molecule has 37 heavy (non-hydrogen) atoms. The number of hydrogen-bond donors (Lipinski definition) is 0. The normalized spacial score (nSPS) is 17.5. The zero-order valence-electron chi connectivity index (χ0n) is 21.8. The van der Waals surface area contributed by atoms with Crippen LogP contribution in [0, 0.1) is 0 Å². The Morgan fingerprint density at radius 2 is 1.38 bits per heavy atom. The minimum absolute atomic E-state index is 0.0798. The molecule has 3 amide bonds. The van der Waals surface area contributed by atoms with Gasteiger partial charge in [0, 0.05) is 45.1 Å². The van der Waals surface area contributed by atoms with Gasteiger partial charge in [0.05, 0.1) is 13.7 Å². The third-order valence-electron chi connectivity index (χ3n) is 7.86. The maximum Gasteiger partial charge on any atom is 0.327 e. The van der Waals surface area contributed by atoms with Crippen LogP contribution in [0.25, 0.3) is 0 Å². The lowest BCUT2D eigenvalue weighted by atomic mass is 9.86. The van der Waals surface area contributed by atoms with Crippen LogP contribution in [0.3, 0.4) is 0 Å². The van der Waals surface area contributed by atoms with Crippen LogP contribution in [-0.4, -0.2) is 66.5 Å². The van der Waals surface area contributed by atoms with Gasteiger partial charge in [-0.15, -0.1) is 0 Å². The summed E-state index contributed by atoms with van der Waals surface area (Å²) in [7, 11) is 5.46. The van der Waals surface area contributed by atoms with E-state index in [2.05, 4.69) is 53.2 Å². The number of carbonyl (C=O) groups is 2. The second kappa shape index (κ2) is 10.3. The molecule has 5 rings (SSSR count). The Morgan fingerprint density at radius 3 is 2.00 bits per heavy atom. The molecule has 0 bridgehead atoms. The summed E-state index contributed by atoms with van der Waals surface area (Å²) in [5.74, 6) is 0.672. The minimum Gasteiger partial charge on any atom is -0.497 e. The minimum atomic E-state index is -0.748. The molecule has 3 aromatic carbocycles. The highest BCUT2D eigenvalue weighted by atomic mass is 16.5. The highest BCUT2D eigenvalue weighted by Gasteiger charge is 2.56. The number of carbonyl (C=O) groups excluding carboxylic acids is 2. The third kappa shape index (κ3) is 4.79. The van der Waals surface area contributed by atoms with Gasteiger partial charge >= 0.3 is 6.03 Å². The largest absolute Gasteiger partial charge is 0.497 e. The number of nitrogens with zero attached hydrogens (tertiary/aromatic N) is 4. The van der Waals surface area contributed by atoms with E-state index in [1.807, 2.05) is 42.5 Å². The van der Waals surface area contributed by atoms with Crippen molar-refractivity contribution < 1.29 is 14.3 Å². The van der Waals surface area contributed by atoms with Crippen molar-refractivity contribution in [1.29, 1.82) is 0 Å². The van der Waals surface area contributed by atoms with Crippen molar-refractivity contribution in [3.8, 4) is 5.75 Å². The molecule has 2 heterocycles. The molecule has 192 valence electrons. The number of para-hydroxylation sites is 1. The van der Waals surface area contributed by atoms with Crippen molar-refractivity contribution in [3.05, 3.63) is 90.0 Å². The lowest BCUT2D eigenvalue weighted by molar-refractivity contribution is -0.135. The zero-order valence-corrected chi connectivity index (χ0v) is 21.8. The second-order valence-corrected chi connectivity index (χ2v) is 9.95. The smallest absolute Gasteiger partial charge is 0.327 e. The summed E-state index contributed by atoms with van der Waals surface area (Å²) < 4.78 is 5.21. The molecule has 2 fully saturated rings. The van der Waals surface area contributed by atoms with Gasteiger partial charge < -0.3 is 14.5 Å². The monoisotopic (exact) mass is 498 g/mol. The summed E-state index contributed by atoms with van der Waals surface area (Å²) in [6.07, 6.45) is 1.28. The first-order chi connectivity index (χ1) is 17.9. The van der Waals surface area contributed by atoms with E-state index in [9.17, 15) is 9.59 Å². The molecule has 0 N–H and O–H groups in total. The number of imide groups is 1. The van der Waals surface area contributed by atoms with E-state index < -0.39 is 5.54 Å². The van der Waals surface area contributed by atoms with E-state index in [1.54, 1.807) is 19.1 Å². The van der Waals surface area contributed by atoms with Crippen molar-refractivity contribution in [2.75, 3.05) is 39.2 Å². The fourth-order valence-electron chi connectivity index (χ4n) is 5.41. The maximum absolute atomic E-state index is 13.5. The Labute approximate surface area is 218 Å². The van der Waals surface area contributed by atoms with Crippen LogP contribution >= 0.6 is 0 Å². The van der Waals surface area contributed by atoms with Crippen molar-refractivity contribution >= 4 is 23.3 Å². The van der Waals surface area contributed by atoms with Crippen LogP contribution < -0.4 is 9.64 Å². The predicted molar refractivity (Wildman–Crippen MR) is 145 cm³/mol. The number of methoxy groups -OCH3 is 1. The van der Waals surface area contributed by atoms with Crippen molar-refractivity contribution in [3.63, 3.8) is 0 Å². The van der Waals surface area contributed by atoms with Crippen LogP contribution in [0.15, 0.2) is 78.9 Å².